The maximum Gasteiger partial charge on any atom is 0.124 e. The molecule has 14 heavy (non-hydrogen) atoms. The molecule has 78 valence electrons. The molecule has 1 aromatic carbocycles. The number of hydrogen-bond acceptors (Lipinski definition) is 1. The van der Waals surface area contributed by atoms with Gasteiger partial charge in [0.05, 0.1) is 10.8 Å². The molecule has 0 saturated carbocycles. The summed E-state index contributed by atoms with van der Waals surface area (Å²) in [6, 6.07) is 6.00. The minimum Gasteiger partial charge on any atom is -0.254 e. The highest BCUT2D eigenvalue weighted by Gasteiger charge is 2.16. The summed E-state index contributed by atoms with van der Waals surface area (Å²) in [5, 5.41) is 0.0526. The topological polar surface area (TPSA) is 17.1 Å². The molecule has 0 N–H and O–H groups in total. The highest BCUT2D eigenvalue weighted by atomic mass is 32.2. The molecule has 0 aliphatic rings. The van der Waals surface area contributed by atoms with Crippen LogP contribution in [0.5, 0.6) is 0 Å². The largest absolute Gasteiger partial charge is 0.254 e. The van der Waals surface area contributed by atoms with Crippen molar-refractivity contribution < 1.29 is 8.60 Å². The third-order valence-corrected chi connectivity index (χ3v) is 4.24. The Morgan fingerprint density at radius 3 is 2.43 bits per heavy atom. The molecule has 1 rings (SSSR count). The first-order valence-corrected chi connectivity index (χ1v) is 5.90. The van der Waals surface area contributed by atoms with Crippen molar-refractivity contribution in [3.8, 4) is 0 Å². The first-order valence-electron chi connectivity index (χ1n) is 4.68. The van der Waals surface area contributed by atoms with Gasteiger partial charge < -0.3 is 0 Å². The van der Waals surface area contributed by atoms with Crippen LogP contribution >= 0.6 is 0 Å². The number of benzene rings is 1. The monoisotopic (exact) mass is 214 g/mol. The van der Waals surface area contributed by atoms with E-state index < -0.39 is 10.8 Å². The Bertz CT molecular complexity index is 336. The van der Waals surface area contributed by atoms with Gasteiger partial charge in [0.25, 0.3) is 0 Å². The molecule has 0 fully saturated rings. The van der Waals surface area contributed by atoms with E-state index in [9.17, 15) is 8.60 Å². The van der Waals surface area contributed by atoms with Crippen LogP contribution in [0.4, 0.5) is 4.39 Å². The van der Waals surface area contributed by atoms with Crippen molar-refractivity contribution >= 4 is 10.8 Å². The van der Waals surface area contributed by atoms with Crippen LogP contribution < -0.4 is 0 Å². The van der Waals surface area contributed by atoms with Gasteiger partial charge in [-0.3, -0.25) is 4.21 Å². The molecule has 0 saturated heterocycles. The van der Waals surface area contributed by atoms with Gasteiger partial charge in [0.15, 0.2) is 0 Å². The van der Waals surface area contributed by atoms with Gasteiger partial charge in [-0.2, -0.15) is 0 Å². The Kier molecular flexibility index (Phi) is 3.81. The first kappa shape index (κ1) is 11.4. The van der Waals surface area contributed by atoms with Crippen molar-refractivity contribution in [1.82, 2.24) is 0 Å². The summed E-state index contributed by atoms with van der Waals surface area (Å²) in [6.07, 6.45) is 0. The summed E-state index contributed by atoms with van der Waals surface area (Å²) in [6.45, 7) is 5.95. The third-order valence-electron chi connectivity index (χ3n) is 2.30. The molecule has 1 aromatic rings. The van der Waals surface area contributed by atoms with Crippen LogP contribution in [0.1, 0.15) is 20.8 Å². The van der Waals surface area contributed by atoms with E-state index in [2.05, 4.69) is 0 Å². The average molecular weight is 214 g/mol. The average Bonchev–Trinajstić information content (AvgIpc) is 2.15. The molecule has 0 aliphatic heterocycles. The summed E-state index contributed by atoms with van der Waals surface area (Å²) < 4.78 is 24.7. The molecular weight excluding hydrogens is 199 g/mol. The summed E-state index contributed by atoms with van der Waals surface area (Å²) in [5.74, 6) is 0.00547. The van der Waals surface area contributed by atoms with Crippen LogP contribution in [0.2, 0.25) is 0 Å². The van der Waals surface area contributed by atoms with Gasteiger partial charge in [0, 0.05) is 10.1 Å². The van der Waals surface area contributed by atoms with Crippen molar-refractivity contribution in [2.45, 2.75) is 30.9 Å². The normalized spacial score (nSPS) is 15.5. The maximum atomic E-state index is 12.9. The fourth-order valence-electron chi connectivity index (χ4n) is 1.05. The lowest BCUT2D eigenvalue weighted by molar-refractivity contribution is 0.601. The van der Waals surface area contributed by atoms with Crippen LogP contribution in [0.3, 0.4) is 0 Å². The zero-order chi connectivity index (χ0) is 10.7. The molecule has 0 aliphatic carbocycles. The highest BCUT2D eigenvalue weighted by molar-refractivity contribution is 7.85. The molecule has 0 spiro atoms. The standard InChI is InChI=1S/C11H15FOS/c1-8(2)9(3)14(13)11-6-4-5-10(12)7-11/h4-9H,1-3H3. The van der Waals surface area contributed by atoms with E-state index in [1.54, 1.807) is 12.1 Å². The van der Waals surface area contributed by atoms with E-state index in [-0.39, 0.29) is 11.1 Å². The van der Waals surface area contributed by atoms with E-state index in [0.29, 0.717) is 10.8 Å². The van der Waals surface area contributed by atoms with E-state index in [0.717, 1.165) is 0 Å². The Labute approximate surface area is 86.8 Å². The lowest BCUT2D eigenvalue weighted by Crippen LogP contribution is -2.17. The molecular formula is C11H15FOS. The summed E-state index contributed by atoms with van der Waals surface area (Å²) in [4.78, 5) is 0.575. The van der Waals surface area contributed by atoms with Crippen LogP contribution in [0.25, 0.3) is 0 Å². The van der Waals surface area contributed by atoms with E-state index >= 15 is 0 Å². The molecule has 0 aromatic heterocycles. The van der Waals surface area contributed by atoms with E-state index in [4.69, 9.17) is 0 Å². The zero-order valence-electron chi connectivity index (χ0n) is 8.66. The summed E-state index contributed by atoms with van der Waals surface area (Å²) >= 11 is 0. The molecule has 2 atom stereocenters. The Morgan fingerprint density at radius 1 is 1.29 bits per heavy atom. The zero-order valence-corrected chi connectivity index (χ0v) is 9.48. The maximum absolute atomic E-state index is 12.9. The Hall–Kier alpha value is -0.700. The fraction of sp³-hybridized carbons (Fsp3) is 0.455. The second-order valence-corrected chi connectivity index (χ2v) is 5.51. The number of hydrogen-bond donors (Lipinski definition) is 0. The van der Waals surface area contributed by atoms with Crippen molar-refractivity contribution in [1.29, 1.82) is 0 Å². The first-order chi connectivity index (χ1) is 6.52. The quantitative estimate of drug-likeness (QED) is 0.756. The van der Waals surface area contributed by atoms with Gasteiger partial charge in [-0.25, -0.2) is 4.39 Å². The minimum atomic E-state index is -1.11. The molecule has 1 nitrogen and oxygen atoms in total. The van der Waals surface area contributed by atoms with Crippen molar-refractivity contribution in [2.75, 3.05) is 0 Å². The molecule has 0 radical (unpaired) electrons. The molecule has 0 amide bonds. The van der Waals surface area contributed by atoms with Gasteiger partial charge in [-0.15, -0.1) is 0 Å². The molecule has 0 bridgehead atoms. The lowest BCUT2D eigenvalue weighted by atomic mass is 10.2. The van der Waals surface area contributed by atoms with Crippen molar-refractivity contribution in [3.63, 3.8) is 0 Å². The fourth-order valence-corrected chi connectivity index (χ4v) is 2.42. The second-order valence-electron chi connectivity index (χ2n) is 3.70. The van der Waals surface area contributed by atoms with Gasteiger partial charge in [0.1, 0.15) is 5.82 Å². The van der Waals surface area contributed by atoms with Gasteiger partial charge >= 0.3 is 0 Å². The smallest absolute Gasteiger partial charge is 0.124 e. The van der Waals surface area contributed by atoms with E-state index in [1.165, 1.54) is 12.1 Å². The summed E-state index contributed by atoms with van der Waals surface area (Å²) in [5.41, 5.74) is 0. The number of halogens is 1. The predicted octanol–water partition coefficient (Wildman–Crippen LogP) is 2.98. The Morgan fingerprint density at radius 2 is 1.93 bits per heavy atom. The minimum absolute atomic E-state index is 0.0526. The summed E-state index contributed by atoms with van der Waals surface area (Å²) in [7, 11) is -1.11. The van der Waals surface area contributed by atoms with Crippen molar-refractivity contribution in [2.24, 2.45) is 5.92 Å². The second kappa shape index (κ2) is 4.69. The lowest BCUT2D eigenvalue weighted by Gasteiger charge is -2.14. The predicted molar refractivity (Wildman–Crippen MR) is 57.1 cm³/mol. The van der Waals surface area contributed by atoms with E-state index in [1.807, 2.05) is 20.8 Å². The molecule has 0 heterocycles. The SMILES string of the molecule is CC(C)C(C)S(=O)c1cccc(F)c1. The van der Waals surface area contributed by atoms with Crippen LogP contribution in [0.15, 0.2) is 29.2 Å². The van der Waals surface area contributed by atoms with Crippen LogP contribution in [-0.2, 0) is 10.8 Å². The van der Waals surface area contributed by atoms with Gasteiger partial charge in [0.2, 0.25) is 0 Å². The third kappa shape index (κ3) is 2.64. The highest BCUT2D eigenvalue weighted by Crippen LogP contribution is 2.17. The van der Waals surface area contributed by atoms with Crippen LogP contribution in [-0.4, -0.2) is 9.46 Å². The van der Waals surface area contributed by atoms with Gasteiger partial charge in [-0.1, -0.05) is 26.8 Å². The van der Waals surface area contributed by atoms with Gasteiger partial charge in [-0.05, 0) is 24.1 Å². The number of rotatable bonds is 3. The molecule has 3 heteroatoms. The Balaban J connectivity index is 2.89. The van der Waals surface area contributed by atoms with Crippen molar-refractivity contribution in [3.05, 3.63) is 30.1 Å². The molecule has 2 unspecified atom stereocenters. The van der Waals surface area contributed by atoms with Crippen LogP contribution in [0, 0.1) is 11.7 Å².